The second-order valence-corrected chi connectivity index (χ2v) is 4.96. The highest BCUT2D eigenvalue weighted by molar-refractivity contribution is 6.30. The third-order valence-electron chi connectivity index (χ3n) is 3.01. The minimum atomic E-state index is -0.447. The highest BCUT2D eigenvalue weighted by Gasteiger charge is 2.13. The number of hydrazine groups is 1. The lowest BCUT2D eigenvalue weighted by molar-refractivity contribution is -0.121. The monoisotopic (exact) mass is 322 g/mol. The maximum absolute atomic E-state index is 11.9. The van der Waals surface area contributed by atoms with Crippen molar-refractivity contribution in [2.75, 3.05) is 7.11 Å². The van der Waals surface area contributed by atoms with Crippen LogP contribution in [0.5, 0.6) is 5.75 Å². The fourth-order valence-corrected chi connectivity index (χ4v) is 2.11. The van der Waals surface area contributed by atoms with Gasteiger partial charge in [-0.2, -0.15) is 0 Å². The molecule has 22 heavy (non-hydrogen) atoms. The van der Waals surface area contributed by atoms with Crippen LogP contribution < -0.4 is 15.6 Å². The van der Waals surface area contributed by atoms with Crippen molar-refractivity contribution in [1.29, 1.82) is 0 Å². The van der Waals surface area contributed by atoms with Crippen molar-refractivity contribution in [3.05, 3.63) is 52.4 Å². The number of halogens is 1. The molecule has 1 heterocycles. The van der Waals surface area contributed by atoms with Gasteiger partial charge in [-0.05, 0) is 31.2 Å². The molecule has 2 N–H and O–H groups in total. The van der Waals surface area contributed by atoms with Gasteiger partial charge in [0.1, 0.15) is 11.5 Å². The van der Waals surface area contributed by atoms with Gasteiger partial charge in [-0.25, -0.2) is 0 Å². The van der Waals surface area contributed by atoms with E-state index in [1.54, 1.807) is 25.1 Å². The molecule has 0 unspecified atom stereocenters. The molecule has 116 valence electrons. The van der Waals surface area contributed by atoms with Crippen LogP contribution in [0, 0.1) is 6.92 Å². The summed E-state index contributed by atoms with van der Waals surface area (Å²) in [7, 11) is 1.51. The lowest BCUT2D eigenvalue weighted by Crippen LogP contribution is -2.42. The number of methoxy groups -OCH3 is 1. The van der Waals surface area contributed by atoms with Crippen LogP contribution in [-0.4, -0.2) is 18.9 Å². The smallest absolute Gasteiger partial charge is 0.273 e. The van der Waals surface area contributed by atoms with Crippen molar-refractivity contribution < 1.29 is 18.7 Å². The SMILES string of the molecule is COc1ccc(Cl)cc1CC(=O)NNC(=O)c1ccoc1C. The van der Waals surface area contributed by atoms with Crippen molar-refractivity contribution >= 4 is 23.4 Å². The van der Waals surface area contributed by atoms with E-state index < -0.39 is 11.8 Å². The Bertz CT molecular complexity index is 697. The number of hydrogen-bond acceptors (Lipinski definition) is 4. The van der Waals surface area contributed by atoms with E-state index in [0.29, 0.717) is 27.7 Å². The number of carbonyl (C=O) groups excluding carboxylic acids is 2. The Labute approximate surface area is 132 Å². The molecule has 0 aliphatic heterocycles. The highest BCUT2D eigenvalue weighted by Crippen LogP contribution is 2.22. The van der Waals surface area contributed by atoms with Gasteiger partial charge in [0.05, 0.1) is 25.4 Å². The number of benzene rings is 1. The molecule has 0 saturated carbocycles. The number of rotatable bonds is 4. The molecule has 2 rings (SSSR count). The predicted molar refractivity (Wildman–Crippen MR) is 80.8 cm³/mol. The quantitative estimate of drug-likeness (QED) is 0.846. The zero-order valence-electron chi connectivity index (χ0n) is 12.1. The summed E-state index contributed by atoms with van der Waals surface area (Å²) < 4.78 is 10.2. The molecule has 0 radical (unpaired) electrons. The number of hydrogen-bond donors (Lipinski definition) is 2. The Kier molecular flexibility index (Phi) is 5.06. The fourth-order valence-electron chi connectivity index (χ4n) is 1.92. The maximum atomic E-state index is 11.9. The normalized spacial score (nSPS) is 10.1. The third-order valence-corrected chi connectivity index (χ3v) is 3.25. The molecule has 0 bridgehead atoms. The summed E-state index contributed by atoms with van der Waals surface area (Å²) in [4.78, 5) is 23.7. The Morgan fingerprint density at radius 3 is 2.68 bits per heavy atom. The molecule has 0 aliphatic rings. The van der Waals surface area contributed by atoms with Gasteiger partial charge in [0.15, 0.2) is 0 Å². The van der Waals surface area contributed by atoms with Crippen LogP contribution in [0.4, 0.5) is 0 Å². The van der Waals surface area contributed by atoms with E-state index in [9.17, 15) is 9.59 Å². The standard InChI is InChI=1S/C15H15ClN2O4/c1-9-12(5-6-22-9)15(20)18-17-14(19)8-10-7-11(16)3-4-13(10)21-2/h3-7H,8H2,1-2H3,(H,17,19)(H,18,20). The molecular formula is C15H15ClN2O4. The summed E-state index contributed by atoms with van der Waals surface area (Å²) in [6, 6.07) is 6.52. The molecule has 0 fully saturated rings. The Morgan fingerprint density at radius 1 is 1.27 bits per heavy atom. The van der Waals surface area contributed by atoms with Crippen LogP contribution in [0.2, 0.25) is 5.02 Å². The molecule has 6 nitrogen and oxygen atoms in total. The maximum Gasteiger partial charge on any atom is 0.273 e. The van der Waals surface area contributed by atoms with E-state index in [1.807, 2.05) is 0 Å². The highest BCUT2D eigenvalue weighted by atomic mass is 35.5. The summed E-state index contributed by atoms with van der Waals surface area (Å²) in [6.07, 6.45) is 1.43. The first-order valence-electron chi connectivity index (χ1n) is 6.47. The summed E-state index contributed by atoms with van der Waals surface area (Å²) in [6.45, 7) is 1.66. The number of ether oxygens (including phenoxy) is 1. The van der Waals surface area contributed by atoms with Crippen molar-refractivity contribution in [2.45, 2.75) is 13.3 Å². The summed E-state index contributed by atoms with van der Waals surface area (Å²) in [5.74, 6) is 0.188. The minimum absolute atomic E-state index is 0.0222. The predicted octanol–water partition coefficient (Wildman–Crippen LogP) is 2.25. The van der Waals surface area contributed by atoms with Crippen LogP contribution in [-0.2, 0) is 11.2 Å². The lowest BCUT2D eigenvalue weighted by Gasteiger charge is -2.10. The van der Waals surface area contributed by atoms with Crippen molar-refractivity contribution in [2.24, 2.45) is 0 Å². The van der Waals surface area contributed by atoms with Crippen LogP contribution in [0.15, 0.2) is 34.9 Å². The molecular weight excluding hydrogens is 308 g/mol. The molecule has 2 aromatic rings. The number of carbonyl (C=O) groups is 2. The van der Waals surface area contributed by atoms with E-state index in [-0.39, 0.29) is 6.42 Å². The summed E-state index contributed by atoms with van der Waals surface area (Å²) >= 11 is 5.90. The van der Waals surface area contributed by atoms with Gasteiger partial charge in [0, 0.05) is 10.6 Å². The number of furan rings is 1. The van der Waals surface area contributed by atoms with Gasteiger partial charge in [0.25, 0.3) is 5.91 Å². The molecule has 2 amide bonds. The van der Waals surface area contributed by atoms with Crippen molar-refractivity contribution in [3.8, 4) is 5.75 Å². The average Bonchev–Trinajstić information content (AvgIpc) is 2.91. The Morgan fingerprint density at radius 2 is 2.05 bits per heavy atom. The fraction of sp³-hybridized carbons (Fsp3) is 0.200. The number of aryl methyl sites for hydroxylation is 1. The largest absolute Gasteiger partial charge is 0.496 e. The second-order valence-electron chi connectivity index (χ2n) is 4.53. The number of amides is 2. The first-order chi connectivity index (χ1) is 10.5. The van der Waals surface area contributed by atoms with Gasteiger partial charge in [0.2, 0.25) is 5.91 Å². The van der Waals surface area contributed by atoms with Crippen LogP contribution in [0.25, 0.3) is 0 Å². The van der Waals surface area contributed by atoms with E-state index in [2.05, 4.69) is 10.9 Å². The summed E-state index contributed by atoms with van der Waals surface area (Å²) in [5, 5.41) is 0.502. The molecule has 0 saturated heterocycles. The van der Waals surface area contributed by atoms with E-state index in [0.717, 1.165) is 0 Å². The average molecular weight is 323 g/mol. The van der Waals surface area contributed by atoms with Gasteiger partial charge in [-0.15, -0.1) is 0 Å². The topological polar surface area (TPSA) is 80.6 Å². The van der Waals surface area contributed by atoms with Gasteiger partial charge in [-0.1, -0.05) is 11.6 Å². The van der Waals surface area contributed by atoms with Gasteiger partial charge >= 0.3 is 0 Å². The van der Waals surface area contributed by atoms with Gasteiger partial charge in [-0.3, -0.25) is 20.4 Å². The first kappa shape index (κ1) is 15.9. The number of nitrogens with one attached hydrogen (secondary N) is 2. The Balaban J connectivity index is 1.95. The van der Waals surface area contributed by atoms with E-state index in [1.165, 1.54) is 19.4 Å². The van der Waals surface area contributed by atoms with Crippen molar-refractivity contribution in [1.82, 2.24) is 10.9 Å². The lowest BCUT2D eigenvalue weighted by atomic mass is 10.1. The van der Waals surface area contributed by atoms with Crippen LogP contribution >= 0.6 is 11.6 Å². The zero-order chi connectivity index (χ0) is 16.1. The second kappa shape index (κ2) is 7.00. The van der Waals surface area contributed by atoms with E-state index in [4.69, 9.17) is 20.8 Å². The van der Waals surface area contributed by atoms with Crippen LogP contribution in [0.1, 0.15) is 21.7 Å². The first-order valence-corrected chi connectivity index (χ1v) is 6.84. The third kappa shape index (κ3) is 3.79. The van der Waals surface area contributed by atoms with Gasteiger partial charge < -0.3 is 9.15 Å². The summed E-state index contributed by atoms with van der Waals surface area (Å²) in [5.41, 5.74) is 5.65. The molecule has 1 aromatic carbocycles. The molecule has 0 aliphatic carbocycles. The Hall–Kier alpha value is -2.47. The van der Waals surface area contributed by atoms with E-state index >= 15 is 0 Å². The minimum Gasteiger partial charge on any atom is -0.496 e. The molecule has 0 spiro atoms. The van der Waals surface area contributed by atoms with Crippen molar-refractivity contribution in [3.63, 3.8) is 0 Å². The zero-order valence-corrected chi connectivity index (χ0v) is 12.9. The molecule has 0 atom stereocenters. The van der Waals surface area contributed by atoms with Crippen LogP contribution in [0.3, 0.4) is 0 Å². The molecule has 7 heteroatoms. The molecule has 1 aromatic heterocycles.